The highest BCUT2D eigenvalue weighted by Gasteiger charge is 2.12. The van der Waals surface area contributed by atoms with Crippen LogP contribution in [0.1, 0.15) is 20.7 Å². The van der Waals surface area contributed by atoms with Crippen molar-refractivity contribution < 1.29 is 24.2 Å². The van der Waals surface area contributed by atoms with Crippen LogP contribution >= 0.6 is 0 Å². The van der Waals surface area contributed by atoms with Gasteiger partial charge in [0.25, 0.3) is 0 Å². The van der Waals surface area contributed by atoms with Crippen LogP contribution in [0.3, 0.4) is 0 Å². The number of esters is 2. The van der Waals surface area contributed by atoms with E-state index in [0.29, 0.717) is 5.56 Å². The van der Waals surface area contributed by atoms with E-state index in [-0.39, 0.29) is 11.3 Å². The summed E-state index contributed by atoms with van der Waals surface area (Å²) in [5.41, 5.74) is 2.06. The standard InChI is InChI=1S/C16H14O5/c1-20-15(18)11-5-3-10(4-6-11)12-7-8-13(14(17)9-12)16(19)21-2/h3-9,17H,1-2H3. The Hall–Kier alpha value is -2.82. The second-order valence-electron chi connectivity index (χ2n) is 4.29. The molecule has 0 fully saturated rings. The monoisotopic (exact) mass is 286 g/mol. The first-order chi connectivity index (χ1) is 10.1. The molecule has 5 heteroatoms. The number of benzene rings is 2. The van der Waals surface area contributed by atoms with Gasteiger partial charge in [0.1, 0.15) is 11.3 Å². The molecule has 2 aromatic carbocycles. The third-order valence-electron chi connectivity index (χ3n) is 3.04. The fraction of sp³-hybridized carbons (Fsp3) is 0.125. The molecule has 0 spiro atoms. The zero-order chi connectivity index (χ0) is 15.4. The molecule has 0 radical (unpaired) electrons. The van der Waals surface area contributed by atoms with Gasteiger partial charge in [-0.25, -0.2) is 9.59 Å². The van der Waals surface area contributed by atoms with Crippen molar-refractivity contribution >= 4 is 11.9 Å². The number of aromatic hydroxyl groups is 1. The average Bonchev–Trinajstić information content (AvgIpc) is 2.53. The van der Waals surface area contributed by atoms with Gasteiger partial charge in [-0.05, 0) is 35.4 Å². The second kappa shape index (κ2) is 6.09. The summed E-state index contributed by atoms with van der Waals surface area (Å²) in [4.78, 5) is 22.8. The zero-order valence-electron chi connectivity index (χ0n) is 11.6. The lowest BCUT2D eigenvalue weighted by Gasteiger charge is -2.07. The van der Waals surface area contributed by atoms with Crippen molar-refractivity contribution in [2.45, 2.75) is 0 Å². The summed E-state index contributed by atoms with van der Waals surface area (Å²) >= 11 is 0. The highest BCUT2D eigenvalue weighted by molar-refractivity contribution is 5.93. The van der Waals surface area contributed by atoms with Gasteiger partial charge in [-0.1, -0.05) is 18.2 Å². The number of carbonyl (C=O) groups excluding carboxylic acids is 2. The predicted octanol–water partition coefficient (Wildman–Crippen LogP) is 2.63. The summed E-state index contributed by atoms with van der Waals surface area (Å²) in [5, 5.41) is 9.86. The SMILES string of the molecule is COC(=O)c1ccc(-c2ccc(C(=O)OC)c(O)c2)cc1. The van der Waals surface area contributed by atoms with Crippen LogP contribution in [0.2, 0.25) is 0 Å². The van der Waals surface area contributed by atoms with Crippen molar-refractivity contribution in [3.8, 4) is 16.9 Å². The quantitative estimate of drug-likeness (QED) is 0.878. The van der Waals surface area contributed by atoms with Gasteiger partial charge in [-0.15, -0.1) is 0 Å². The topological polar surface area (TPSA) is 72.8 Å². The third-order valence-corrected chi connectivity index (χ3v) is 3.04. The number of phenols is 1. The van der Waals surface area contributed by atoms with Crippen LogP contribution in [0.25, 0.3) is 11.1 Å². The maximum Gasteiger partial charge on any atom is 0.341 e. The lowest BCUT2D eigenvalue weighted by atomic mass is 10.0. The third kappa shape index (κ3) is 3.02. The zero-order valence-corrected chi connectivity index (χ0v) is 11.6. The van der Waals surface area contributed by atoms with Crippen molar-refractivity contribution in [1.82, 2.24) is 0 Å². The van der Waals surface area contributed by atoms with Gasteiger partial charge in [-0.3, -0.25) is 0 Å². The largest absolute Gasteiger partial charge is 0.507 e. The molecule has 0 heterocycles. The minimum Gasteiger partial charge on any atom is -0.507 e. The molecule has 108 valence electrons. The summed E-state index contributed by atoms with van der Waals surface area (Å²) in [6, 6.07) is 11.4. The van der Waals surface area contributed by atoms with Gasteiger partial charge >= 0.3 is 11.9 Å². The number of ether oxygens (including phenoxy) is 2. The molecule has 21 heavy (non-hydrogen) atoms. The van der Waals surface area contributed by atoms with Gasteiger partial charge in [0, 0.05) is 0 Å². The molecule has 0 atom stereocenters. The van der Waals surface area contributed by atoms with E-state index < -0.39 is 11.9 Å². The van der Waals surface area contributed by atoms with Crippen molar-refractivity contribution in [3.05, 3.63) is 53.6 Å². The first kappa shape index (κ1) is 14.6. The summed E-state index contributed by atoms with van der Waals surface area (Å²) in [6.07, 6.45) is 0. The fourth-order valence-corrected chi connectivity index (χ4v) is 1.91. The molecule has 0 amide bonds. The van der Waals surface area contributed by atoms with E-state index in [9.17, 15) is 14.7 Å². The van der Waals surface area contributed by atoms with Crippen LogP contribution in [-0.4, -0.2) is 31.3 Å². The maximum absolute atomic E-state index is 11.4. The minimum absolute atomic E-state index is 0.104. The van der Waals surface area contributed by atoms with Crippen molar-refractivity contribution in [3.63, 3.8) is 0 Å². The van der Waals surface area contributed by atoms with E-state index >= 15 is 0 Å². The summed E-state index contributed by atoms with van der Waals surface area (Å²) < 4.78 is 9.19. The Bertz CT molecular complexity index is 674. The molecule has 0 unspecified atom stereocenters. The molecule has 0 bridgehead atoms. The van der Waals surface area contributed by atoms with Gasteiger partial charge in [-0.2, -0.15) is 0 Å². The van der Waals surface area contributed by atoms with Gasteiger partial charge < -0.3 is 14.6 Å². The summed E-state index contributed by atoms with van der Waals surface area (Å²) in [6.45, 7) is 0. The Kier molecular flexibility index (Phi) is 4.23. The van der Waals surface area contributed by atoms with E-state index in [0.717, 1.165) is 11.1 Å². The molecule has 0 aliphatic rings. The smallest absolute Gasteiger partial charge is 0.341 e. The minimum atomic E-state index is -0.597. The van der Waals surface area contributed by atoms with Crippen LogP contribution in [0, 0.1) is 0 Å². The number of hydrogen-bond acceptors (Lipinski definition) is 5. The van der Waals surface area contributed by atoms with E-state index in [1.165, 1.54) is 26.4 Å². The molecule has 2 rings (SSSR count). The second-order valence-corrected chi connectivity index (χ2v) is 4.29. The molecular formula is C16H14O5. The molecule has 0 saturated heterocycles. The number of hydrogen-bond donors (Lipinski definition) is 1. The molecule has 0 aromatic heterocycles. The number of methoxy groups -OCH3 is 2. The lowest BCUT2D eigenvalue weighted by molar-refractivity contribution is 0.0590. The first-order valence-corrected chi connectivity index (χ1v) is 6.17. The van der Waals surface area contributed by atoms with Crippen molar-refractivity contribution in [1.29, 1.82) is 0 Å². The van der Waals surface area contributed by atoms with E-state index in [1.54, 1.807) is 30.3 Å². The Morgan fingerprint density at radius 1 is 0.857 bits per heavy atom. The Balaban J connectivity index is 2.32. The van der Waals surface area contributed by atoms with Gasteiger partial charge in [0.15, 0.2) is 0 Å². The average molecular weight is 286 g/mol. The van der Waals surface area contributed by atoms with E-state index in [1.807, 2.05) is 0 Å². The van der Waals surface area contributed by atoms with E-state index in [4.69, 9.17) is 0 Å². The maximum atomic E-state index is 11.4. The Labute approximate surface area is 121 Å². The highest BCUT2D eigenvalue weighted by atomic mass is 16.5. The van der Waals surface area contributed by atoms with Gasteiger partial charge in [0.05, 0.1) is 19.8 Å². The number of carbonyl (C=O) groups is 2. The van der Waals surface area contributed by atoms with Crippen LogP contribution < -0.4 is 0 Å². The Morgan fingerprint density at radius 2 is 1.43 bits per heavy atom. The molecule has 2 aromatic rings. The van der Waals surface area contributed by atoms with Crippen LogP contribution in [0.5, 0.6) is 5.75 Å². The molecule has 5 nitrogen and oxygen atoms in total. The van der Waals surface area contributed by atoms with Crippen molar-refractivity contribution in [2.24, 2.45) is 0 Å². The lowest BCUT2D eigenvalue weighted by Crippen LogP contribution is -2.01. The summed E-state index contributed by atoms with van der Waals surface area (Å²) in [5.74, 6) is -1.16. The normalized spacial score (nSPS) is 10.0. The fourth-order valence-electron chi connectivity index (χ4n) is 1.91. The first-order valence-electron chi connectivity index (χ1n) is 6.17. The van der Waals surface area contributed by atoms with Gasteiger partial charge in [0.2, 0.25) is 0 Å². The van der Waals surface area contributed by atoms with Crippen LogP contribution in [0.4, 0.5) is 0 Å². The number of rotatable bonds is 3. The van der Waals surface area contributed by atoms with Crippen LogP contribution in [0.15, 0.2) is 42.5 Å². The molecule has 0 aliphatic heterocycles. The van der Waals surface area contributed by atoms with Crippen molar-refractivity contribution in [2.75, 3.05) is 14.2 Å². The molecular weight excluding hydrogens is 272 g/mol. The molecule has 0 saturated carbocycles. The predicted molar refractivity (Wildman–Crippen MR) is 76.2 cm³/mol. The molecule has 1 N–H and O–H groups in total. The Morgan fingerprint density at radius 3 is 1.95 bits per heavy atom. The molecule has 0 aliphatic carbocycles. The highest BCUT2D eigenvalue weighted by Crippen LogP contribution is 2.27. The van der Waals surface area contributed by atoms with E-state index in [2.05, 4.69) is 9.47 Å². The number of phenolic OH excluding ortho intramolecular Hbond substituents is 1. The van der Waals surface area contributed by atoms with Crippen LogP contribution in [-0.2, 0) is 9.47 Å². The summed E-state index contributed by atoms with van der Waals surface area (Å²) in [7, 11) is 2.57.